The Hall–Kier alpha value is -1.59. The molecule has 0 spiro atoms. The number of rotatable bonds is 2. The number of hydrogen-bond donors (Lipinski definition) is 2. The third kappa shape index (κ3) is 1.85. The van der Waals surface area contributed by atoms with Crippen LogP contribution in [0.2, 0.25) is 0 Å². The summed E-state index contributed by atoms with van der Waals surface area (Å²) in [5, 5.41) is 10.4. The molecular weight excluding hydrogens is 232 g/mol. The van der Waals surface area contributed by atoms with Crippen LogP contribution >= 0.6 is 0 Å². The van der Waals surface area contributed by atoms with E-state index >= 15 is 0 Å². The summed E-state index contributed by atoms with van der Waals surface area (Å²) in [6.45, 7) is 0. The van der Waals surface area contributed by atoms with Crippen molar-refractivity contribution in [1.29, 1.82) is 0 Å². The van der Waals surface area contributed by atoms with E-state index < -0.39 is 11.9 Å². The number of hydrogen-bond acceptors (Lipinski definition) is 4. The van der Waals surface area contributed by atoms with Gasteiger partial charge in [-0.3, -0.25) is 10.0 Å². The molecule has 1 heterocycles. The molecule has 1 aromatic carbocycles. The van der Waals surface area contributed by atoms with Crippen molar-refractivity contribution in [2.75, 3.05) is 5.06 Å². The lowest BCUT2D eigenvalue weighted by Crippen LogP contribution is -2.47. The standard InChI is InChI=1S/C13H16N2O3/c14-11-6-8-4-5-10(18-9-2-1-3-9)7-12(8)15(17)13(11)16/h4-5,7,9,11,17H,1-3,6,14H2/t11-/m0/s1. The van der Waals surface area contributed by atoms with E-state index in [9.17, 15) is 10.0 Å². The van der Waals surface area contributed by atoms with Gasteiger partial charge in [0.2, 0.25) is 0 Å². The molecule has 1 amide bonds. The maximum absolute atomic E-state index is 11.6. The molecule has 1 aliphatic carbocycles. The summed E-state index contributed by atoms with van der Waals surface area (Å²) in [5.41, 5.74) is 7.00. The summed E-state index contributed by atoms with van der Waals surface area (Å²) >= 11 is 0. The Balaban J connectivity index is 1.87. The fourth-order valence-corrected chi connectivity index (χ4v) is 2.27. The highest BCUT2D eigenvalue weighted by Gasteiger charge is 2.30. The van der Waals surface area contributed by atoms with Gasteiger partial charge in [0, 0.05) is 6.07 Å². The van der Waals surface area contributed by atoms with Crippen molar-refractivity contribution in [2.24, 2.45) is 5.73 Å². The van der Waals surface area contributed by atoms with Crippen LogP contribution in [0.3, 0.4) is 0 Å². The second-order valence-electron chi connectivity index (χ2n) is 4.92. The topological polar surface area (TPSA) is 75.8 Å². The number of nitrogens with zero attached hydrogens (tertiary/aromatic N) is 1. The van der Waals surface area contributed by atoms with E-state index in [4.69, 9.17) is 10.5 Å². The highest BCUT2D eigenvalue weighted by Crippen LogP contribution is 2.32. The third-order valence-corrected chi connectivity index (χ3v) is 3.61. The van der Waals surface area contributed by atoms with Gasteiger partial charge in [0.25, 0.3) is 5.91 Å². The van der Waals surface area contributed by atoms with Crippen LogP contribution in [0.15, 0.2) is 18.2 Å². The Labute approximate surface area is 105 Å². The largest absolute Gasteiger partial charge is 0.490 e. The number of carbonyl (C=O) groups is 1. The minimum Gasteiger partial charge on any atom is -0.490 e. The van der Waals surface area contributed by atoms with E-state index in [-0.39, 0.29) is 6.10 Å². The predicted octanol–water partition coefficient (Wildman–Crippen LogP) is 1.22. The molecule has 0 unspecified atom stereocenters. The van der Waals surface area contributed by atoms with E-state index in [1.165, 1.54) is 6.42 Å². The first-order valence-corrected chi connectivity index (χ1v) is 6.23. The average Bonchev–Trinajstić information content (AvgIpc) is 2.32. The van der Waals surface area contributed by atoms with Crippen LogP contribution in [0.25, 0.3) is 0 Å². The first-order chi connectivity index (χ1) is 8.65. The molecule has 1 aromatic rings. The molecule has 18 heavy (non-hydrogen) atoms. The van der Waals surface area contributed by atoms with Gasteiger partial charge in [-0.15, -0.1) is 0 Å². The van der Waals surface area contributed by atoms with Crippen LogP contribution in [0, 0.1) is 0 Å². The molecule has 1 saturated carbocycles. The summed E-state index contributed by atoms with van der Waals surface area (Å²) in [4.78, 5) is 11.6. The quantitative estimate of drug-likeness (QED) is 0.772. The second-order valence-corrected chi connectivity index (χ2v) is 4.92. The molecule has 1 atom stereocenters. The Kier molecular flexibility index (Phi) is 2.72. The molecule has 0 radical (unpaired) electrons. The molecule has 5 nitrogen and oxygen atoms in total. The van der Waals surface area contributed by atoms with Crippen molar-refractivity contribution in [2.45, 2.75) is 37.8 Å². The van der Waals surface area contributed by atoms with Gasteiger partial charge in [-0.2, -0.15) is 5.06 Å². The first kappa shape index (κ1) is 11.5. The molecule has 3 N–H and O–H groups in total. The van der Waals surface area contributed by atoms with Gasteiger partial charge in [-0.25, -0.2) is 0 Å². The molecule has 0 aromatic heterocycles. The number of nitrogens with two attached hydrogens (primary N) is 1. The zero-order valence-electron chi connectivity index (χ0n) is 10.0. The first-order valence-electron chi connectivity index (χ1n) is 6.23. The lowest BCUT2D eigenvalue weighted by molar-refractivity contribution is -0.125. The molecule has 5 heteroatoms. The fraction of sp³-hybridized carbons (Fsp3) is 0.462. The van der Waals surface area contributed by atoms with Crippen LogP contribution in [0.1, 0.15) is 24.8 Å². The predicted molar refractivity (Wildman–Crippen MR) is 65.7 cm³/mol. The van der Waals surface area contributed by atoms with E-state index in [1.54, 1.807) is 6.07 Å². The third-order valence-electron chi connectivity index (χ3n) is 3.61. The maximum Gasteiger partial charge on any atom is 0.267 e. The monoisotopic (exact) mass is 248 g/mol. The van der Waals surface area contributed by atoms with Crippen molar-refractivity contribution in [3.63, 3.8) is 0 Å². The van der Waals surface area contributed by atoms with Gasteiger partial charge in [-0.05, 0) is 37.3 Å². The number of fused-ring (bicyclic) bond motifs is 1. The van der Waals surface area contributed by atoms with Gasteiger partial charge in [-0.1, -0.05) is 6.07 Å². The summed E-state index contributed by atoms with van der Waals surface area (Å²) in [6.07, 6.45) is 4.08. The van der Waals surface area contributed by atoms with Crippen LogP contribution in [0.4, 0.5) is 5.69 Å². The highest BCUT2D eigenvalue weighted by molar-refractivity contribution is 5.98. The maximum atomic E-state index is 11.6. The minimum atomic E-state index is -0.666. The van der Waals surface area contributed by atoms with Crippen LogP contribution in [0.5, 0.6) is 5.75 Å². The molecule has 1 fully saturated rings. The zero-order valence-corrected chi connectivity index (χ0v) is 10.0. The summed E-state index contributed by atoms with van der Waals surface area (Å²) in [5.74, 6) is 0.226. The van der Waals surface area contributed by atoms with Crippen molar-refractivity contribution >= 4 is 11.6 Å². The van der Waals surface area contributed by atoms with Crippen LogP contribution in [-0.2, 0) is 11.2 Å². The highest BCUT2D eigenvalue weighted by atomic mass is 16.5. The van der Waals surface area contributed by atoms with Crippen molar-refractivity contribution in [3.05, 3.63) is 23.8 Å². The van der Waals surface area contributed by atoms with E-state index in [1.807, 2.05) is 12.1 Å². The van der Waals surface area contributed by atoms with Crippen molar-refractivity contribution < 1.29 is 14.7 Å². The van der Waals surface area contributed by atoms with E-state index in [0.717, 1.165) is 18.4 Å². The zero-order chi connectivity index (χ0) is 12.7. The van der Waals surface area contributed by atoms with Gasteiger partial charge in [0.1, 0.15) is 5.75 Å². The average molecular weight is 248 g/mol. The second kappa shape index (κ2) is 4.26. The van der Waals surface area contributed by atoms with Crippen LogP contribution < -0.4 is 15.5 Å². The lowest BCUT2D eigenvalue weighted by Gasteiger charge is -2.30. The Morgan fingerprint density at radius 3 is 2.83 bits per heavy atom. The molecule has 1 aliphatic heterocycles. The number of ether oxygens (including phenoxy) is 1. The molecule has 96 valence electrons. The SMILES string of the molecule is N[C@H]1Cc2ccc(OC3CCC3)cc2N(O)C1=O. The normalized spacial score (nSPS) is 23.6. The number of benzene rings is 1. The number of hydroxylamine groups is 1. The van der Waals surface area contributed by atoms with Gasteiger partial charge < -0.3 is 10.5 Å². The van der Waals surface area contributed by atoms with E-state index in [0.29, 0.717) is 22.9 Å². The molecule has 0 bridgehead atoms. The molecular formula is C13H16N2O3. The van der Waals surface area contributed by atoms with Gasteiger partial charge in [0.05, 0.1) is 17.8 Å². The lowest BCUT2D eigenvalue weighted by atomic mass is 9.96. The fourth-order valence-electron chi connectivity index (χ4n) is 2.27. The van der Waals surface area contributed by atoms with Gasteiger partial charge >= 0.3 is 0 Å². The summed E-state index contributed by atoms with van der Waals surface area (Å²) in [6, 6.07) is 4.77. The molecule has 0 saturated heterocycles. The Morgan fingerprint density at radius 1 is 1.39 bits per heavy atom. The van der Waals surface area contributed by atoms with E-state index in [2.05, 4.69) is 0 Å². The number of amides is 1. The summed E-state index contributed by atoms with van der Waals surface area (Å²) < 4.78 is 5.75. The smallest absolute Gasteiger partial charge is 0.267 e. The van der Waals surface area contributed by atoms with Crippen LogP contribution in [-0.4, -0.2) is 23.3 Å². The Morgan fingerprint density at radius 2 is 2.17 bits per heavy atom. The molecule has 3 rings (SSSR count). The van der Waals surface area contributed by atoms with Crippen molar-refractivity contribution in [1.82, 2.24) is 0 Å². The molecule has 2 aliphatic rings. The number of carbonyl (C=O) groups excluding carboxylic acids is 1. The van der Waals surface area contributed by atoms with Crippen molar-refractivity contribution in [3.8, 4) is 5.75 Å². The number of anilines is 1. The summed E-state index contributed by atoms with van der Waals surface area (Å²) in [7, 11) is 0. The Bertz CT molecular complexity index is 485. The van der Waals surface area contributed by atoms with Gasteiger partial charge in [0.15, 0.2) is 0 Å². The minimum absolute atomic E-state index is 0.275.